The molecule has 0 saturated carbocycles. The number of nitrogens with zero attached hydrogens (tertiary/aromatic N) is 1. The van der Waals surface area contributed by atoms with Crippen molar-refractivity contribution in [3.8, 4) is 5.75 Å². The highest BCUT2D eigenvalue weighted by Crippen LogP contribution is 2.20. The maximum Gasteiger partial charge on any atom is 0.258 e. The van der Waals surface area contributed by atoms with Crippen molar-refractivity contribution in [3.63, 3.8) is 0 Å². The summed E-state index contributed by atoms with van der Waals surface area (Å²) in [6.07, 6.45) is 0. The topological polar surface area (TPSA) is 69.6 Å². The van der Waals surface area contributed by atoms with Crippen LogP contribution in [0.25, 0.3) is 0 Å². The number of phenolic OH excluding ortho intramolecular Hbond substituents is 1. The third kappa shape index (κ3) is 2.35. The first-order valence-electron chi connectivity index (χ1n) is 5.12. The molecule has 1 heterocycles. The van der Waals surface area contributed by atoms with Gasteiger partial charge in [-0.2, -0.15) is 0 Å². The first-order valence-corrected chi connectivity index (χ1v) is 5.12. The molecule has 0 unspecified atom stereocenters. The van der Waals surface area contributed by atoms with Gasteiger partial charge in [0.05, 0.1) is 12.1 Å². The van der Waals surface area contributed by atoms with E-state index in [1.807, 2.05) is 0 Å². The van der Waals surface area contributed by atoms with Crippen LogP contribution in [0, 0.1) is 5.82 Å². The Hall–Kier alpha value is -2.11. The van der Waals surface area contributed by atoms with E-state index in [0.29, 0.717) is 13.1 Å². The molecule has 5 nitrogen and oxygen atoms in total. The molecule has 2 rings (SSSR count). The molecular formula is C11H11FN2O3. The highest BCUT2D eigenvalue weighted by molar-refractivity contribution is 5.99. The Morgan fingerprint density at radius 3 is 2.88 bits per heavy atom. The molecule has 0 aliphatic carbocycles. The summed E-state index contributed by atoms with van der Waals surface area (Å²) in [5, 5.41) is 12.1. The van der Waals surface area contributed by atoms with E-state index in [2.05, 4.69) is 5.32 Å². The maximum atomic E-state index is 12.8. The van der Waals surface area contributed by atoms with E-state index in [-0.39, 0.29) is 18.0 Å². The number of halogens is 1. The smallest absolute Gasteiger partial charge is 0.258 e. The van der Waals surface area contributed by atoms with E-state index in [0.717, 1.165) is 12.1 Å². The quantitative estimate of drug-likeness (QED) is 0.729. The lowest BCUT2D eigenvalue weighted by Crippen LogP contribution is -2.49. The van der Waals surface area contributed by atoms with Crippen LogP contribution in [0.4, 0.5) is 4.39 Å². The fourth-order valence-electron chi connectivity index (χ4n) is 1.67. The number of hydrogen-bond acceptors (Lipinski definition) is 3. The van der Waals surface area contributed by atoms with Gasteiger partial charge in [-0.15, -0.1) is 0 Å². The molecule has 0 radical (unpaired) electrons. The second-order valence-electron chi connectivity index (χ2n) is 3.74. The van der Waals surface area contributed by atoms with Gasteiger partial charge in [0.15, 0.2) is 0 Å². The molecule has 0 atom stereocenters. The number of amides is 2. The first-order chi connectivity index (χ1) is 8.08. The largest absolute Gasteiger partial charge is 0.507 e. The Balaban J connectivity index is 2.21. The first kappa shape index (κ1) is 11.4. The number of hydrogen-bond donors (Lipinski definition) is 2. The average molecular weight is 238 g/mol. The van der Waals surface area contributed by atoms with Crippen LogP contribution in [0.2, 0.25) is 0 Å². The van der Waals surface area contributed by atoms with Gasteiger partial charge >= 0.3 is 0 Å². The summed E-state index contributed by atoms with van der Waals surface area (Å²) in [4.78, 5) is 24.4. The van der Waals surface area contributed by atoms with Gasteiger partial charge < -0.3 is 15.3 Å². The van der Waals surface area contributed by atoms with Crippen molar-refractivity contribution in [1.29, 1.82) is 0 Å². The molecule has 0 bridgehead atoms. The van der Waals surface area contributed by atoms with Crippen molar-refractivity contribution in [3.05, 3.63) is 29.6 Å². The molecule has 17 heavy (non-hydrogen) atoms. The van der Waals surface area contributed by atoms with Crippen LogP contribution in [-0.4, -0.2) is 41.5 Å². The molecule has 1 aromatic rings. The van der Waals surface area contributed by atoms with Crippen molar-refractivity contribution in [2.75, 3.05) is 19.6 Å². The molecule has 2 N–H and O–H groups in total. The van der Waals surface area contributed by atoms with E-state index in [9.17, 15) is 19.1 Å². The molecule has 90 valence electrons. The summed E-state index contributed by atoms with van der Waals surface area (Å²) in [5.74, 6) is -1.75. The van der Waals surface area contributed by atoms with Gasteiger partial charge in [0.2, 0.25) is 5.91 Å². The van der Waals surface area contributed by atoms with Crippen molar-refractivity contribution in [2.24, 2.45) is 0 Å². The molecule has 1 aliphatic heterocycles. The van der Waals surface area contributed by atoms with Crippen LogP contribution in [0.1, 0.15) is 10.4 Å². The number of carbonyl (C=O) groups is 2. The second kappa shape index (κ2) is 4.40. The lowest BCUT2D eigenvalue weighted by atomic mass is 10.1. The molecule has 0 aromatic heterocycles. The summed E-state index contributed by atoms with van der Waals surface area (Å²) in [6.45, 7) is 0.712. The van der Waals surface area contributed by atoms with Crippen LogP contribution in [0.5, 0.6) is 5.75 Å². The summed E-state index contributed by atoms with van der Waals surface area (Å²) < 4.78 is 12.8. The van der Waals surface area contributed by atoms with Crippen LogP contribution >= 0.6 is 0 Å². The zero-order chi connectivity index (χ0) is 12.4. The molecule has 6 heteroatoms. The molecule has 0 spiro atoms. The van der Waals surface area contributed by atoms with Crippen molar-refractivity contribution in [2.45, 2.75) is 0 Å². The molecule has 2 amide bonds. The van der Waals surface area contributed by atoms with Gasteiger partial charge in [0.1, 0.15) is 11.6 Å². The molecule has 1 aromatic carbocycles. The molecular weight excluding hydrogens is 227 g/mol. The van der Waals surface area contributed by atoms with E-state index in [1.54, 1.807) is 0 Å². The highest BCUT2D eigenvalue weighted by atomic mass is 19.1. The van der Waals surface area contributed by atoms with Crippen molar-refractivity contribution >= 4 is 11.8 Å². The van der Waals surface area contributed by atoms with Gasteiger partial charge in [0.25, 0.3) is 5.91 Å². The predicted octanol–water partition coefficient (Wildman–Crippen LogP) is 0.103. The Labute approximate surface area is 96.8 Å². The number of rotatable bonds is 1. The fraction of sp³-hybridized carbons (Fsp3) is 0.273. The SMILES string of the molecule is O=C1CN(C(=O)c2ccc(F)cc2O)CCN1. The Morgan fingerprint density at radius 1 is 1.47 bits per heavy atom. The third-order valence-electron chi connectivity index (χ3n) is 2.52. The van der Waals surface area contributed by atoms with E-state index < -0.39 is 17.5 Å². The predicted molar refractivity (Wildman–Crippen MR) is 57.0 cm³/mol. The minimum Gasteiger partial charge on any atom is -0.507 e. The zero-order valence-electron chi connectivity index (χ0n) is 8.94. The van der Waals surface area contributed by atoms with Crippen molar-refractivity contribution in [1.82, 2.24) is 10.2 Å². The number of aromatic hydroxyl groups is 1. The Kier molecular flexibility index (Phi) is 2.95. The molecule has 1 saturated heterocycles. The van der Waals surface area contributed by atoms with Gasteiger partial charge in [0, 0.05) is 19.2 Å². The Morgan fingerprint density at radius 2 is 2.24 bits per heavy atom. The minimum absolute atomic E-state index is 0.00102. The van der Waals surface area contributed by atoms with Crippen molar-refractivity contribution < 1.29 is 19.1 Å². The number of benzene rings is 1. The van der Waals surface area contributed by atoms with E-state index in [4.69, 9.17) is 0 Å². The lowest BCUT2D eigenvalue weighted by molar-refractivity contribution is -0.123. The van der Waals surface area contributed by atoms with Gasteiger partial charge in [-0.25, -0.2) is 4.39 Å². The average Bonchev–Trinajstić information content (AvgIpc) is 2.28. The van der Waals surface area contributed by atoms with Crippen LogP contribution in [0.3, 0.4) is 0 Å². The van der Waals surface area contributed by atoms with Crippen LogP contribution < -0.4 is 5.32 Å². The van der Waals surface area contributed by atoms with Gasteiger partial charge in [-0.3, -0.25) is 9.59 Å². The number of carbonyl (C=O) groups excluding carboxylic acids is 2. The van der Waals surface area contributed by atoms with Crippen LogP contribution in [-0.2, 0) is 4.79 Å². The van der Waals surface area contributed by atoms with E-state index in [1.165, 1.54) is 11.0 Å². The number of phenols is 1. The maximum absolute atomic E-state index is 12.8. The Bertz CT molecular complexity index is 476. The normalized spacial score (nSPS) is 15.6. The number of nitrogens with one attached hydrogen (secondary N) is 1. The number of piperazine rings is 1. The van der Waals surface area contributed by atoms with Gasteiger partial charge in [-0.05, 0) is 12.1 Å². The standard InChI is InChI=1S/C11H11FN2O3/c12-7-1-2-8(9(15)5-7)11(17)14-4-3-13-10(16)6-14/h1-2,5,15H,3-4,6H2,(H,13,16). The molecule has 1 aliphatic rings. The summed E-state index contributed by atoms with van der Waals surface area (Å²) in [7, 11) is 0. The summed E-state index contributed by atoms with van der Waals surface area (Å²) >= 11 is 0. The summed E-state index contributed by atoms with van der Waals surface area (Å²) in [5.41, 5.74) is 0.00102. The molecule has 1 fully saturated rings. The van der Waals surface area contributed by atoms with Crippen LogP contribution in [0.15, 0.2) is 18.2 Å². The zero-order valence-corrected chi connectivity index (χ0v) is 8.94. The monoisotopic (exact) mass is 238 g/mol. The van der Waals surface area contributed by atoms with E-state index >= 15 is 0 Å². The summed E-state index contributed by atoms with van der Waals surface area (Å²) in [6, 6.07) is 3.17. The van der Waals surface area contributed by atoms with Gasteiger partial charge in [-0.1, -0.05) is 0 Å². The highest BCUT2D eigenvalue weighted by Gasteiger charge is 2.24. The third-order valence-corrected chi connectivity index (χ3v) is 2.52. The minimum atomic E-state index is -0.615. The second-order valence-corrected chi connectivity index (χ2v) is 3.74. The lowest BCUT2D eigenvalue weighted by Gasteiger charge is -2.26. The fourth-order valence-corrected chi connectivity index (χ4v) is 1.67.